The normalized spacial score (nSPS) is 20.9. The Morgan fingerprint density at radius 1 is 1.46 bits per heavy atom. The van der Waals surface area contributed by atoms with Gasteiger partial charge < -0.3 is 5.73 Å². The lowest BCUT2D eigenvalue weighted by Gasteiger charge is -2.18. The SMILES string of the molecule is Cc1nn(-c2ccc(Cl)cc2)cc1CN1CCC(C#N)(C(N)=O)C1. The second kappa shape index (κ2) is 6.27. The number of nitrogens with zero attached hydrogens (tertiary/aromatic N) is 4. The molecule has 1 aromatic heterocycles. The molecule has 1 fully saturated rings. The molecule has 7 heteroatoms. The third-order valence-electron chi connectivity index (χ3n) is 4.52. The first-order chi connectivity index (χ1) is 11.4. The highest BCUT2D eigenvalue weighted by Crippen LogP contribution is 2.30. The number of primary amides is 1. The molecule has 2 N–H and O–H groups in total. The lowest BCUT2D eigenvalue weighted by molar-refractivity contribution is -0.124. The van der Waals surface area contributed by atoms with Crippen molar-refractivity contribution in [2.45, 2.75) is 19.9 Å². The maximum Gasteiger partial charge on any atom is 0.239 e. The van der Waals surface area contributed by atoms with Crippen molar-refractivity contribution >= 4 is 17.5 Å². The summed E-state index contributed by atoms with van der Waals surface area (Å²) in [4.78, 5) is 13.7. The molecule has 1 aliphatic rings. The summed E-state index contributed by atoms with van der Waals surface area (Å²) in [5.74, 6) is -0.541. The zero-order valence-corrected chi connectivity index (χ0v) is 14.1. The van der Waals surface area contributed by atoms with E-state index in [4.69, 9.17) is 17.3 Å². The van der Waals surface area contributed by atoms with Crippen LogP contribution in [-0.2, 0) is 11.3 Å². The van der Waals surface area contributed by atoms with Gasteiger partial charge in [-0.3, -0.25) is 9.69 Å². The largest absolute Gasteiger partial charge is 0.368 e. The van der Waals surface area contributed by atoms with Gasteiger partial charge in [-0.05, 0) is 37.6 Å². The van der Waals surface area contributed by atoms with Gasteiger partial charge in [0.2, 0.25) is 5.91 Å². The number of aromatic nitrogens is 2. The van der Waals surface area contributed by atoms with Crippen LogP contribution in [0.5, 0.6) is 0 Å². The lowest BCUT2D eigenvalue weighted by atomic mass is 9.88. The van der Waals surface area contributed by atoms with E-state index in [2.05, 4.69) is 16.1 Å². The maximum atomic E-state index is 11.6. The number of amides is 1. The van der Waals surface area contributed by atoms with Crippen LogP contribution in [0.25, 0.3) is 5.69 Å². The van der Waals surface area contributed by atoms with E-state index in [9.17, 15) is 10.1 Å². The first-order valence-corrected chi connectivity index (χ1v) is 8.06. The van der Waals surface area contributed by atoms with Crippen LogP contribution in [0.3, 0.4) is 0 Å². The van der Waals surface area contributed by atoms with Crippen LogP contribution in [0.15, 0.2) is 30.5 Å². The highest BCUT2D eigenvalue weighted by Gasteiger charge is 2.43. The number of hydrogen-bond acceptors (Lipinski definition) is 4. The minimum Gasteiger partial charge on any atom is -0.368 e. The standard InChI is InChI=1S/C17H18ClN5O/c1-12-13(8-22-7-6-17(10-19,11-22)16(20)24)9-23(21-12)15-4-2-14(18)3-5-15/h2-5,9H,6-8,11H2,1H3,(H2,20,24). The molecule has 1 unspecified atom stereocenters. The van der Waals surface area contributed by atoms with E-state index in [-0.39, 0.29) is 0 Å². The van der Waals surface area contributed by atoms with Crippen molar-refractivity contribution in [1.82, 2.24) is 14.7 Å². The molecule has 0 aliphatic carbocycles. The average molecular weight is 344 g/mol. The number of rotatable bonds is 4. The van der Waals surface area contributed by atoms with Crippen molar-refractivity contribution < 1.29 is 4.79 Å². The molecular weight excluding hydrogens is 326 g/mol. The molecule has 124 valence electrons. The fraction of sp³-hybridized carbons (Fsp3) is 0.353. The number of carbonyl (C=O) groups excluding carboxylic acids is 1. The smallest absolute Gasteiger partial charge is 0.239 e. The molecule has 24 heavy (non-hydrogen) atoms. The Hall–Kier alpha value is -2.36. The van der Waals surface area contributed by atoms with Gasteiger partial charge >= 0.3 is 0 Å². The van der Waals surface area contributed by atoms with Crippen molar-refractivity contribution in [3.05, 3.63) is 46.7 Å². The first-order valence-electron chi connectivity index (χ1n) is 7.68. The van der Waals surface area contributed by atoms with Crippen molar-refractivity contribution in [2.24, 2.45) is 11.1 Å². The molecule has 3 rings (SSSR count). The topological polar surface area (TPSA) is 87.9 Å². The van der Waals surface area contributed by atoms with Crippen molar-refractivity contribution in [1.29, 1.82) is 5.26 Å². The Bertz CT molecular complexity index is 807. The zero-order chi connectivity index (χ0) is 17.3. The van der Waals surface area contributed by atoms with Crippen LogP contribution in [0.1, 0.15) is 17.7 Å². The highest BCUT2D eigenvalue weighted by atomic mass is 35.5. The predicted octanol–water partition coefficient (Wildman–Crippen LogP) is 2.04. The summed E-state index contributed by atoms with van der Waals surface area (Å²) in [5.41, 5.74) is 7.24. The molecular formula is C17H18ClN5O. The molecule has 1 saturated heterocycles. The fourth-order valence-corrected chi connectivity index (χ4v) is 3.12. The second-order valence-corrected chi connectivity index (χ2v) is 6.62. The van der Waals surface area contributed by atoms with E-state index in [0.717, 1.165) is 16.9 Å². The third kappa shape index (κ3) is 3.01. The second-order valence-electron chi connectivity index (χ2n) is 6.18. The molecule has 6 nitrogen and oxygen atoms in total. The summed E-state index contributed by atoms with van der Waals surface area (Å²) in [7, 11) is 0. The van der Waals surface area contributed by atoms with Crippen LogP contribution < -0.4 is 5.73 Å². The molecule has 1 aromatic carbocycles. The summed E-state index contributed by atoms with van der Waals surface area (Å²) in [5, 5.41) is 14.5. The van der Waals surface area contributed by atoms with Crippen molar-refractivity contribution in [3.8, 4) is 11.8 Å². The Kier molecular flexibility index (Phi) is 4.31. The minimum absolute atomic E-state index is 0.365. The highest BCUT2D eigenvalue weighted by molar-refractivity contribution is 6.30. The third-order valence-corrected chi connectivity index (χ3v) is 4.77. The number of nitrogens with two attached hydrogens (primary N) is 1. The quantitative estimate of drug-likeness (QED) is 0.920. The van der Waals surface area contributed by atoms with Crippen LogP contribution in [0.4, 0.5) is 0 Å². The van der Waals surface area contributed by atoms with Gasteiger partial charge in [-0.25, -0.2) is 4.68 Å². The summed E-state index contributed by atoms with van der Waals surface area (Å²) < 4.78 is 1.81. The lowest BCUT2D eigenvalue weighted by Crippen LogP contribution is -2.38. The van der Waals surface area contributed by atoms with E-state index >= 15 is 0 Å². The van der Waals surface area contributed by atoms with Gasteiger partial charge in [0.15, 0.2) is 0 Å². The Morgan fingerprint density at radius 3 is 2.75 bits per heavy atom. The van der Waals surface area contributed by atoms with Crippen LogP contribution in [0, 0.1) is 23.7 Å². The zero-order valence-electron chi connectivity index (χ0n) is 13.4. The van der Waals surface area contributed by atoms with Crippen LogP contribution >= 0.6 is 11.6 Å². The van der Waals surface area contributed by atoms with E-state index in [1.165, 1.54) is 0 Å². The number of hydrogen-bond donors (Lipinski definition) is 1. The van der Waals surface area contributed by atoms with E-state index in [0.29, 0.717) is 31.1 Å². The predicted molar refractivity (Wildman–Crippen MR) is 90.4 cm³/mol. The Balaban J connectivity index is 1.77. The monoisotopic (exact) mass is 343 g/mol. The molecule has 0 bridgehead atoms. The fourth-order valence-electron chi connectivity index (χ4n) is 2.99. The van der Waals surface area contributed by atoms with Gasteiger partial charge in [-0.1, -0.05) is 11.6 Å². The van der Waals surface area contributed by atoms with Gasteiger partial charge in [0.25, 0.3) is 0 Å². The van der Waals surface area contributed by atoms with Gasteiger partial charge in [0.05, 0.1) is 17.5 Å². The minimum atomic E-state index is -1.07. The van der Waals surface area contributed by atoms with Crippen LogP contribution in [0.2, 0.25) is 5.02 Å². The van der Waals surface area contributed by atoms with Crippen molar-refractivity contribution in [2.75, 3.05) is 13.1 Å². The number of nitriles is 1. The molecule has 0 radical (unpaired) electrons. The average Bonchev–Trinajstić information content (AvgIpc) is 3.14. The van der Waals surface area contributed by atoms with Crippen LogP contribution in [-0.4, -0.2) is 33.7 Å². The Labute approximate surface area is 145 Å². The van der Waals surface area contributed by atoms with Gasteiger partial charge in [-0.2, -0.15) is 10.4 Å². The summed E-state index contributed by atoms with van der Waals surface area (Å²) in [6.07, 6.45) is 2.44. The van der Waals surface area contributed by atoms with Gasteiger partial charge in [-0.15, -0.1) is 0 Å². The van der Waals surface area contributed by atoms with E-state index in [1.807, 2.05) is 42.1 Å². The summed E-state index contributed by atoms with van der Waals surface area (Å²) in [6, 6.07) is 9.55. The van der Waals surface area contributed by atoms with Crippen molar-refractivity contribution in [3.63, 3.8) is 0 Å². The summed E-state index contributed by atoms with van der Waals surface area (Å²) in [6.45, 7) is 3.62. The molecule has 1 amide bonds. The first kappa shape index (κ1) is 16.5. The number of carbonyl (C=O) groups is 1. The van der Waals surface area contributed by atoms with Gasteiger partial charge in [0, 0.05) is 36.4 Å². The molecule has 1 atom stereocenters. The van der Waals surface area contributed by atoms with E-state index < -0.39 is 11.3 Å². The molecule has 2 aromatic rings. The number of likely N-dealkylation sites (tertiary alicyclic amines) is 1. The molecule has 0 saturated carbocycles. The van der Waals surface area contributed by atoms with E-state index in [1.54, 1.807) is 0 Å². The Morgan fingerprint density at radius 2 is 2.17 bits per heavy atom. The maximum absolute atomic E-state index is 11.6. The summed E-state index contributed by atoms with van der Waals surface area (Å²) >= 11 is 5.91. The molecule has 0 spiro atoms. The number of halogens is 1. The molecule has 2 heterocycles. The number of aryl methyl sites for hydroxylation is 1. The number of benzene rings is 1. The molecule has 1 aliphatic heterocycles. The van der Waals surface area contributed by atoms with Gasteiger partial charge in [0.1, 0.15) is 5.41 Å².